The van der Waals surface area contributed by atoms with Crippen LogP contribution in [0.15, 0.2) is 22.7 Å². The van der Waals surface area contributed by atoms with Crippen molar-refractivity contribution in [3.8, 4) is 11.4 Å². The van der Waals surface area contributed by atoms with E-state index in [-0.39, 0.29) is 17.5 Å². The largest absolute Gasteiger partial charge is 0.338 e. The maximum Gasteiger partial charge on any atom is 0.237 e. The zero-order chi connectivity index (χ0) is 14.0. The lowest BCUT2D eigenvalue weighted by atomic mass is 10.0. The lowest BCUT2D eigenvalue weighted by Gasteiger charge is -2.03. The van der Waals surface area contributed by atoms with Crippen LogP contribution >= 0.6 is 0 Å². The molecule has 1 unspecified atom stereocenters. The van der Waals surface area contributed by atoms with E-state index in [9.17, 15) is 13.6 Å². The van der Waals surface area contributed by atoms with Gasteiger partial charge in [0.05, 0.1) is 5.92 Å². The number of carbonyl (C=O) groups excluding carboxylic acids is 1. The molecule has 0 aliphatic carbocycles. The average molecular weight is 266 g/mol. The van der Waals surface area contributed by atoms with Gasteiger partial charge in [0.25, 0.3) is 0 Å². The molecule has 1 aromatic carbocycles. The fraction of sp³-hybridized carbons (Fsp3) is 0.308. The van der Waals surface area contributed by atoms with Gasteiger partial charge in [-0.1, -0.05) is 12.1 Å². The van der Waals surface area contributed by atoms with Crippen LogP contribution in [0, 0.1) is 11.6 Å². The van der Waals surface area contributed by atoms with Crippen molar-refractivity contribution in [1.82, 2.24) is 10.1 Å². The summed E-state index contributed by atoms with van der Waals surface area (Å²) in [6.07, 6.45) is 0.536. The van der Waals surface area contributed by atoms with Gasteiger partial charge in [-0.2, -0.15) is 4.98 Å². The van der Waals surface area contributed by atoms with Crippen LogP contribution in [0.2, 0.25) is 0 Å². The SMILES string of the molecule is CCC(C(C)=O)c1nc(-c2ccc(F)c(F)c2)no1. The van der Waals surface area contributed by atoms with Crippen molar-refractivity contribution in [3.63, 3.8) is 0 Å². The number of benzene rings is 1. The normalized spacial score (nSPS) is 12.4. The summed E-state index contributed by atoms with van der Waals surface area (Å²) in [4.78, 5) is 15.4. The molecule has 19 heavy (non-hydrogen) atoms. The Hall–Kier alpha value is -2.11. The van der Waals surface area contributed by atoms with E-state index in [2.05, 4.69) is 10.1 Å². The smallest absolute Gasteiger partial charge is 0.237 e. The summed E-state index contributed by atoms with van der Waals surface area (Å²) in [5.74, 6) is -2.15. The molecule has 2 aromatic rings. The zero-order valence-corrected chi connectivity index (χ0v) is 10.5. The molecular weight excluding hydrogens is 254 g/mol. The highest BCUT2D eigenvalue weighted by molar-refractivity contribution is 5.82. The highest BCUT2D eigenvalue weighted by atomic mass is 19.2. The van der Waals surface area contributed by atoms with Crippen LogP contribution in [0.5, 0.6) is 0 Å². The van der Waals surface area contributed by atoms with Gasteiger partial charge in [-0.15, -0.1) is 0 Å². The van der Waals surface area contributed by atoms with Crippen LogP contribution in [0.3, 0.4) is 0 Å². The Balaban J connectivity index is 2.35. The van der Waals surface area contributed by atoms with E-state index >= 15 is 0 Å². The Morgan fingerprint density at radius 3 is 2.68 bits per heavy atom. The number of rotatable bonds is 4. The first-order valence-electron chi connectivity index (χ1n) is 5.82. The molecular formula is C13H12F2N2O2. The monoisotopic (exact) mass is 266 g/mol. The van der Waals surface area contributed by atoms with Crippen molar-refractivity contribution in [2.45, 2.75) is 26.2 Å². The summed E-state index contributed by atoms with van der Waals surface area (Å²) >= 11 is 0. The van der Waals surface area contributed by atoms with Crippen LogP contribution in [0.4, 0.5) is 8.78 Å². The summed E-state index contributed by atoms with van der Waals surface area (Å²) < 4.78 is 30.9. The number of carbonyl (C=O) groups is 1. The van der Waals surface area contributed by atoms with Crippen molar-refractivity contribution in [1.29, 1.82) is 0 Å². The first-order valence-corrected chi connectivity index (χ1v) is 5.82. The Morgan fingerprint density at radius 1 is 1.37 bits per heavy atom. The molecule has 100 valence electrons. The van der Waals surface area contributed by atoms with Gasteiger partial charge in [-0.25, -0.2) is 8.78 Å². The fourth-order valence-corrected chi connectivity index (χ4v) is 1.77. The van der Waals surface area contributed by atoms with Crippen LogP contribution in [0.25, 0.3) is 11.4 Å². The Bertz CT molecular complexity index is 610. The molecule has 0 radical (unpaired) electrons. The van der Waals surface area contributed by atoms with Crippen LogP contribution in [-0.2, 0) is 4.79 Å². The summed E-state index contributed by atoms with van der Waals surface area (Å²) in [5.41, 5.74) is 0.298. The number of ketones is 1. The molecule has 0 spiro atoms. The second-order valence-electron chi connectivity index (χ2n) is 4.16. The molecule has 4 nitrogen and oxygen atoms in total. The second-order valence-corrected chi connectivity index (χ2v) is 4.16. The molecule has 0 fully saturated rings. The highest BCUT2D eigenvalue weighted by Gasteiger charge is 2.22. The average Bonchev–Trinajstić information content (AvgIpc) is 2.82. The van der Waals surface area contributed by atoms with Crippen molar-refractivity contribution in [2.24, 2.45) is 0 Å². The van der Waals surface area contributed by atoms with Gasteiger partial charge in [0.1, 0.15) is 5.78 Å². The quantitative estimate of drug-likeness (QED) is 0.853. The van der Waals surface area contributed by atoms with Crippen molar-refractivity contribution < 1.29 is 18.1 Å². The van der Waals surface area contributed by atoms with Crippen LogP contribution in [0.1, 0.15) is 32.1 Å². The predicted molar refractivity (Wildman–Crippen MR) is 63.4 cm³/mol. The molecule has 0 aliphatic rings. The third kappa shape index (κ3) is 2.67. The third-order valence-corrected chi connectivity index (χ3v) is 2.82. The van der Waals surface area contributed by atoms with E-state index in [1.807, 2.05) is 6.92 Å². The summed E-state index contributed by atoms with van der Waals surface area (Å²) in [6.45, 7) is 3.27. The maximum absolute atomic E-state index is 13.1. The van der Waals surface area contributed by atoms with E-state index in [1.165, 1.54) is 13.0 Å². The number of aromatic nitrogens is 2. The van der Waals surface area contributed by atoms with Crippen LogP contribution in [-0.4, -0.2) is 15.9 Å². The molecule has 1 heterocycles. The third-order valence-electron chi connectivity index (χ3n) is 2.82. The lowest BCUT2D eigenvalue weighted by molar-refractivity contribution is -0.119. The maximum atomic E-state index is 13.1. The Labute approximate surface area is 108 Å². The minimum absolute atomic E-state index is 0.0806. The topological polar surface area (TPSA) is 56.0 Å². The van der Waals surface area contributed by atoms with Gasteiger partial charge in [-0.3, -0.25) is 4.79 Å². The zero-order valence-electron chi connectivity index (χ0n) is 10.5. The molecule has 0 saturated heterocycles. The molecule has 1 aromatic heterocycles. The van der Waals surface area contributed by atoms with Crippen molar-refractivity contribution in [2.75, 3.05) is 0 Å². The van der Waals surface area contributed by atoms with E-state index in [4.69, 9.17) is 4.52 Å². The van der Waals surface area contributed by atoms with Crippen LogP contribution < -0.4 is 0 Å². The Kier molecular flexibility index (Phi) is 3.69. The summed E-state index contributed by atoms with van der Waals surface area (Å²) in [6, 6.07) is 3.32. The second kappa shape index (κ2) is 5.26. The van der Waals surface area contributed by atoms with E-state index in [0.29, 0.717) is 12.0 Å². The molecule has 6 heteroatoms. The standard InChI is InChI=1S/C13H12F2N2O2/c1-3-9(7(2)18)13-16-12(17-19-13)8-4-5-10(14)11(15)6-8/h4-6,9H,3H2,1-2H3. The molecule has 2 rings (SSSR count). The number of nitrogens with zero attached hydrogens (tertiary/aromatic N) is 2. The fourth-order valence-electron chi connectivity index (χ4n) is 1.77. The van der Waals surface area contributed by atoms with Gasteiger partial charge in [0, 0.05) is 5.56 Å². The molecule has 0 saturated carbocycles. The molecule has 1 atom stereocenters. The van der Waals surface area contributed by atoms with Gasteiger partial charge >= 0.3 is 0 Å². The molecule has 0 N–H and O–H groups in total. The number of hydrogen-bond donors (Lipinski definition) is 0. The molecule has 0 bridgehead atoms. The minimum Gasteiger partial charge on any atom is -0.338 e. The number of hydrogen-bond acceptors (Lipinski definition) is 4. The first-order chi connectivity index (χ1) is 9.02. The first kappa shape index (κ1) is 13.3. The Morgan fingerprint density at radius 2 is 2.11 bits per heavy atom. The van der Waals surface area contributed by atoms with Gasteiger partial charge in [-0.05, 0) is 31.5 Å². The van der Waals surface area contributed by atoms with Gasteiger partial charge in [0.2, 0.25) is 11.7 Å². The van der Waals surface area contributed by atoms with E-state index in [0.717, 1.165) is 12.1 Å². The summed E-state index contributed by atoms with van der Waals surface area (Å²) in [5, 5.41) is 3.68. The van der Waals surface area contributed by atoms with E-state index < -0.39 is 17.6 Å². The molecule has 0 amide bonds. The van der Waals surface area contributed by atoms with Crippen molar-refractivity contribution in [3.05, 3.63) is 35.7 Å². The van der Waals surface area contributed by atoms with E-state index in [1.54, 1.807) is 0 Å². The van der Waals surface area contributed by atoms with Gasteiger partial charge < -0.3 is 4.52 Å². The predicted octanol–water partition coefficient (Wildman–Crippen LogP) is 3.10. The summed E-state index contributed by atoms with van der Waals surface area (Å²) in [7, 11) is 0. The lowest BCUT2D eigenvalue weighted by Crippen LogP contribution is -2.07. The number of halogens is 2. The molecule has 0 aliphatic heterocycles. The van der Waals surface area contributed by atoms with Crippen molar-refractivity contribution >= 4 is 5.78 Å². The highest BCUT2D eigenvalue weighted by Crippen LogP contribution is 2.23. The minimum atomic E-state index is -0.984. The van der Waals surface area contributed by atoms with Gasteiger partial charge in [0.15, 0.2) is 11.6 Å². The number of Topliss-reactive ketones (excluding diaryl/α,β-unsaturated/α-hetero) is 1.